The van der Waals surface area contributed by atoms with E-state index in [4.69, 9.17) is 4.74 Å². The molecule has 2 rings (SSSR count). The van der Waals surface area contributed by atoms with Crippen LogP contribution in [-0.4, -0.2) is 6.61 Å². The van der Waals surface area contributed by atoms with Gasteiger partial charge in [-0.25, -0.2) is 0 Å². The highest BCUT2D eigenvalue weighted by atomic mass is 16.5. The molecule has 1 aromatic carbocycles. The van der Waals surface area contributed by atoms with Crippen molar-refractivity contribution in [1.82, 2.24) is 0 Å². The monoisotopic (exact) mass is 214 g/mol. The summed E-state index contributed by atoms with van der Waals surface area (Å²) in [4.78, 5) is 0. The van der Waals surface area contributed by atoms with Gasteiger partial charge in [0.2, 0.25) is 0 Å². The Hall–Kier alpha value is -1.34. The fourth-order valence-electron chi connectivity index (χ4n) is 1.82. The van der Waals surface area contributed by atoms with Crippen molar-refractivity contribution in [3.8, 4) is 0 Å². The van der Waals surface area contributed by atoms with Crippen molar-refractivity contribution in [1.29, 1.82) is 0 Å². The fourth-order valence-corrected chi connectivity index (χ4v) is 1.82. The number of allylic oxidation sites excluding steroid dienone is 3. The minimum atomic E-state index is 0.716. The molecule has 0 heterocycles. The van der Waals surface area contributed by atoms with Crippen LogP contribution in [-0.2, 0) is 11.3 Å². The molecule has 0 radical (unpaired) electrons. The van der Waals surface area contributed by atoms with Crippen LogP contribution in [0.2, 0.25) is 0 Å². The molecule has 0 aromatic heterocycles. The fraction of sp³-hybridized carbons (Fsp3) is 0.333. The van der Waals surface area contributed by atoms with Gasteiger partial charge in [-0.15, -0.1) is 0 Å². The molecule has 0 unspecified atom stereocenters. The van der Waals surface area contributed by atoms with Gasteiger partial charge in [-0.2, -0.15) is 0 Å². The summed E-state index contributed by atoms with van der Waals surface area (Å²) in [5.41, 5.74) is 1.25. The van der Waals surface area contributed by atoms with E-state index in [0.717, 1.165) is 19.1 Å². The van der Waals surface area contributed by atoms with E-state index in [1.54, 1.807) is 0 Å². The maximum atomic E-state index is 5.69. The van der Waals surface area contributed by atoms with Crippen molar-refractivity contribution in [3.05, 3.63) is 60.7 Å². The van der Waals surface area contributed by atoms with E-state index in [-0.39, 0.29) is 0 Å². The van der Waals surface area contributed by atoms with Crippen LogP contribution in [0.4, 0.5) is 0 Å². The Morgan fingerprint density at radius 1 is 1.31 bits per heavy atom. The summed E-state index contributed by atoms with van der Waals surface area (Å²) >= 11 is 0. The van der Waals surface area contributed by atoms with E-state index in [9.17, 15) is 0 Å². The predicted octanol–water partition coefficient (Wildman–Crippen LogP) is 3.58. The smallest absolute Gasteiger partial charge is 0.0717 e. The van der Waals surface area contributed by atoms with Gasteiger partial charge < -0.3 is 4.74 Å². The molecular weight excluding hydrogens is 196 g/mol. The van der Waals surface area contributed by atoms with Gasteiger partial charge in [-0.05, 0) is 23.8 Å². The molecule has 1 saturated carbocycles. The largest absolute Gasteiger partial charge is 0.376 e. The second-order valence-corrected chi connectivity index (χ2v) is 4.28. The molecule has 1 fully saturated rings. The van der Waals surface area contributed by atoms with Gasteiger partial charge in [0, 0.05) is 0 Å². The molecular formula is C15H18O. The first kappa shape index (κ1) is 11.2. The lowest BCUT2D eigenvalue weighted by Crippen LogP contribution is -1.98. The summed E-state index contributed by atoms with van der Waals surface area (Å²) in [7, 11) is 0. The van der Waals surface area contributed by atoms with Crippen molar-refractivity contribution >= 4 is 0 Å². The van der Waals surface area contributed by atoms with E-state index in [0.29, 0.717) is 5.92 Å². The third-order valence-corrected chi connectivity index (χ3v) is 2.92. The minimum Gasteiger partial charge on any atom is -0.376 e. The van der Waals surface area contributed by atoms with Crippen molar-refractivity contribution in [3.63, 3.8) is 0 Å². The molecule has 0 saturated heterocycles. The van der Waals surface area contributed by atoms with Gasteiger partial charge >= 0.3 is 0 Å². The van der Waals surface area contributed by atoms with Crippen LogP contribution in [0.3, 0.4) is 0 Å². The van der Waals surface area contributed by atoms with Gasteiger partial charge in [0.1, 0.15) is 0 Å². The average Bonchev–Trinajstić information content (AvgIpc) is 3.07. The van der Waals surface area contributed by atoms with Crippen LogP contribution in [0.1, 0.15) is 12.0 Å². The van der Waals surface area contributed by atoms with Crippen LogP contribution >= 0.6 is 0 Å². The highest BCUT2D eigenvalue weighted by molar-refractivity contribution is 5.13. The Kier molecular flexibility index (Phi) is 3.95. The Balaban J connectivity index is 1.63. The Morgan fingerprint density at radius 2 is 2.12 bits per heavy atom. The van der Waals surface area contributed by atoms with Gasteiger partial charge in [-0.3, -0.25) is 0 Å². The molecule has 84 valence electrons. The van der Waals surface area contributed by atoms with Crippen LogP contribution in [0.5, 0.6) is 0 Å². The number of ether oxygens (including phenoxy) is 1. The lowest BCUT2D eigenvalue weighted by Gasteiger charge is -2.02. The van der Waals surface area contributed by atoms with Crippen LogP contribution in [0.25, 0.3) is 0 Å². The molecule has 0 spiro atoms. The van der Waals surface area contributed by atoms with E-state index in [1.807, 2.05) is 30.4 Å². The van der Waals surface area contributed by atoms with E-state index in [1.165, 1.54) is 12.0 Å². The van der Waals surface area contributed by atoms with Gasteiger partial charge in [0.25, 0.3) is 0 Å². The first-order valence-electron chi connectivity index (χ1n) is 5.81. The Morgan fingerprint density at radius 3 is 2.88 bits per heavy atom. The molecule has 0 bridgehead atoms. The van der Waals surface area contributed by atoms with Crippen molar-refractivity contribution in [2.75, 3.05) is 6.61 Å². The summed E-state index contributed by atoms with van der Waals surface area (Å²) in [5, 5.41) is 0. The third-order valence-electron chi connectivity index (χ3n) is 2.92. The van der Waals surface area contributed by atoms with Gasteiger partial charge in [-0.1, -0.05) is 55.1 Å². The molecule has 16 heavy (non-hydrogen) atoms. The highest BCUT2D eigenvalue weighted by Crippen LogP contribution is 2.39. The zero-order valence-electron chi connectivity index (χ0n) is 9.51. The second-order valence-electron chi connectivity index (χ2n) is 4.28. The Bertz CT molecular complexity index is 353. The SMILES string of the molecule is C=C/C=C/[C@H]1C[C@H]1COCc1ccccc1. The number of hydrogen-bond donors (Lipinski definition) is 0. The molecule has 0 aliphatic heterocycles. The van der Waals surface area contributed by atoms with E-state index < -0.39 is 0 Å². The quantitative estimate of drug-likeness (QED) is 0.658. The van der Waals surface area contributed by atoms with Crippen molar-refractivity contribution in [2.24, 2.45) is 11.8 Å². The number of rotatable bonds is 6. The summed E-state index contributed by atoms with van der Waals surface area (Å²) in [5.74, 6) is 1.44. The molecule has 0 amide bonds. The normalized spacial score (nSPS) is 23.5. The third kappa shape index (κ3) is 3.35. The summed E-state index contributed by atoms with van der Waals surface area (Å²) in [6.45, 7) is 5.28. The zero-order valence-corrected chi connectivity index (χ0v) is 9.51. The molecule has 1 aliphatic rings. The summed E-state index contributed by atoms with van der Waals surface area (Å²) in [6.07, 6.45) is 7.35. The standard InChI is InChI=1S/C15H18O/c1-2-3-9-14-10-15(14)12-16-11-13-7-5-4-6-8-13/h2-9,14-15H,1,10-12H2/b9-3+/t14-,15-/m0/s1. The highest BCUT2D eigenvalue weighted by Gasteiger charge is 2.34. The lowest BCUT2D eigenvalue weighted by molar-refractivity contribution is 0.109. The molecule has 2 atom stereocenters. The van der Waals surface area contributed by atoms with Crippen LogP contribution in [0, 0.1) is 11.8 Å². The van der Waals surface area contributed by atoms with Gasteiger partial charge in [0.05, 0.1) is 13.2 Å². The molecule has 1 heteroatoms. The molecule has 1 aromatic rings. The maximum Gasteiger partial charge on any atom is 0.0717 e. The zero-order chi connectivity index (χ0) is 11.2. The lowest BCUT2D eigenvalue weighted by atomic mass is 10.2. The number of benzene rings is 1. The number of hydrogen-bond acceptors (Lipinski definition) is 1. The molecule has 1 aliphatic carbocycles. The Labute approximate surface area is 97.4 Å². The van der Waals surface area contributed by atoms with Crippen molar-refractivity contribution < 1.29 is 4.74 Å². The van der Waals surface area contributed by atoms with E-state index >= 15 is 0 Å². The van der Waals surface area contributed by atoms with Crippen molar-refractivity contribution in [2.45, 2.75) is 13.0 Å². The predicted molar refractivity (Wildman–Crippen MR) is 67.0 cm³/mol. The van der Waals surface area contributed by atoms with Crippen LogP contribution in [0.15, 0.2) is 55.1 Å². The second kappa shape index (κ2) is 5.66. The van der Waals surface area contributed by atoms with E-state index in [2.05, 4.69) is 24.8 Å². The minimum absolute atomic E-state index is 0.716. The first-order valence-corrected chi connectivity index (χ1v) is 5.81. The maximum absolute atomic E-state index is 5.69. The topological polar surface area (TPSA) is 9.23 Å². The summed E-state index contributed by atoms with van der Waals surface area (Å²) in [6, 6.07) is 10.3. The first-order chi connectivity index (χ1) is 7.90. The van der Waals surface area contributed by atoms with Crippen LogP contribution < -0.4 is 0 Å². The van der Waals surface area contributed by atoms with Gasteiger partial charge in [0.15, 0.2) is 0 Å². The summed E-state index contributed by atoms with van der Waals surface area (Å²) < 4.78 is 5.69. The molecule has 1 nitrogen and oxygen atoms in total. The molecule has 0 N–H and O–H groups in total. The average molecular weight is 214 g/mol.